The largest absolute Gasteiger partial charge is 0.493 e. The highest BCUT2D eigenvalue weighted by molar-refractivity contribution is 8.01. The van der Waals surface area contributed by atoms with Crippen LogP contribution in [0.25, 0.3) is 0 Å². The van der Waals surface area contributed by atoms with Crippen molar-refractivity contribution in [3.05, 3.63) is 47.0 Å². The summed E-state index contributed by atoms with van der Waals surface area (Å²) in [5, 5.41) is 2.80. The van der Waals surface area contributed by atoms with Crippen LogP contribution in [0.3, 0.4) is 0 Å². The van der Waals surface area contributed by atoms with Gasteiger partial charge >= 0.3 is 6.61 Å². The highest BCUT2D eigenvalue weighted by atomic mass is 35.5. The number of hydrogen-bond acceptors (Lipinski definition) is 5. The van der Waals surface area contributed by atoms with E-state index in [0.29, 0.717) is 17.3 Å². The molecule has 0 spiro atoms. The number of nitrogens with zero attached hydrogens (tertiary/aromatic N) is 1. The van der Waals surface area contributed by atoms with E-state index in [1.165, 1.54) is 24.9 Å². The molecule has 6 nitrogen and oxygen atoms in total. The fraction of sp³-hybridized carbons (Fsp3) is 0.364. The molecule has 0 radical (unpaired) electrons. The predicted octanol–water partition coefficient (Wildman–Crippen LogP) is 4.94. The Bertz CT molecular complexity index is 1030. The number of ether oxygens (including phenoxy) is 2. The van der Waals surface area contributed by atoms with Crippen molar-refractivity contribution in [2.45, 2.75) is 48.6 Å². The number of halogens is 3. The molecule has 32 heavy (non-hydrogen) atoms. The molecule has 1 saturated carbocycles. The van der Waals surface area contributed by atoms with Gasteiger partial charge in [0.25, 0.3) is 0 Å². The standard InChI is InChI=1S/C22H21ClF2N2O4S/c1-30-17-8-12(2-6-16(17)31-22(24)25)11-27(14-4-5-14)20(28)10-19-21(29)26-15-9-13(23)3-7-18(15)32-19/h2-3,6-9,14,19,22H,4-5,10-11H2,1H3,(H,26,29). The number of methoxy groups -OCH3 is 1. The van der Waals surface area contributed by atoms with Gasteiger partial charge in [-0.05, 0) is 48.7 Å². The number of alkyl halides is 2. The average molecular weight is 483 g/mol. The zero-order chi connectivity index (χ0) is 22.8. The minimum atomic E-state index is -2.96. The first kappa shape index (κ1) is 22.7. The minimum Gasteiger partial charge on any atom is -0.493 e. The third kappa shape index (κ3) is 5.27. The molecular formula is C22H21ClF2N2O4S. The van der Waals surface area contributed by atoms with E-state index in [1.807, 2.05) is 6.07 Å². The van der Waals surface area contributed by atoms with Crippen molar-refractivity contribution in [2.24, 2.45) is 0 Å². The molecule has 0 aromatic heterocycles. The van der Waals surface area contributed by atoms with Crippen molar-refractivity contribution in [1.82, 2.24) is 4.90 Å². The number of rotatable bonds is 8. The Morgan fingerprint density at radius 2 is 2.03 bits per heavy atom. The van der Waals surface area contributed by atoms with Crippen molar-refractivity contribution in [1.29, 1.82) is 0 Å². The van der Waals surface area contributed by atoms with Gasteiger partial charge in [-0.3, -0.25) is 9.59 Å². The van der Waals surface area contributed by atoms with E-state index in [-0.39, 0.29) is 35.8 Å². The first-order chi connectivity index (χ1) is 15.3. The second-order valence-electron chi connectivity index (χ2n) is 7.56. The van der Waals surface area contributed by atoms with Crippen LogP contribution in [-0.4, -0.2) is 41.7 Å². The van der Waals surface area contributed by atoms with E-state index in [9.17, 15) is 18.4 Å². The van der Waals surface area contributed by atoms with Crippen LogP contribution in [-0.2, 0) is 16.1 Å². The third-order valence-electron chi connectivity index (χ3n) is 5.23. The Labute approximate surface area is 193 Å². The lowest BCUT2D eigenvalue weighted by Gasteiger charge is -2.28. The molecule has 1 unspecified atom stereocenters. The van der Waals surface area contributed by atoms with Crippen LogP contribution in [0, 0.1) is 0 Å². The number of benzene rings is 2. The van der Waals surface area contributed by atoms with Gasteiger partial charge in [0.1, 0.15) is 0 Å². The lowest BCUT2D eigenvalue weighted by Crippen LogP contribution is -2.38. The summed E-state index contributed by atoms with van der Waals surface area (Å²) in [5.74, 6) is -0.262. The normalized spacial score (nSPS) is 17.5. The lowest BCUT2D eigenvalue weighted by molar-refractivity contribution is -0.133. The van der Waals surface area contributed by atoms with Gasteiger partial charge in [0.15, 0.2) is 11.5 Å². The van der Waals surface area contributed by atoms with E-state index in [0.717, 1.165) is 23.3 Å². The van der Waals surface area contributed by atoms with Crippen LogP contribution in [0.5, 0.6) is 11.5 Å². The monoisotopic (exact) mass is 482 g/mol. The highest BCUT2D eigenvalue weighted by Gasteiger charge is 2.36. The van der Waals surface area contributed by atoms with Gasteiger partial charge in [0.2, 0.25) is 11.8 Å². The van der Waals surface area contributed by atoms with Gasteiger partial charge in [0.05, 0.1) is 18.0 Å². The van der Waals surface area contributed by atoms with E-state index in [4.69, 9.17) is 16.3 Å². The summed E-state index contributed by atoms with van der Waals surface area (Å²) in [6.45, 7) is -2.67. The molecular weight excluding hydrogens is 462 g/mol. The number of fused-ring (bicyclic) bond motifs is 1. The third-order valence-corrected chi connectivity index (χ3v) is 6.74. The Morgan fingerprint density at radius 1 is 1.25 bits per heavy atom. The molecule has 170 valence electrons. The first-order valence-electron chi connectivity index (χ1n) is 10.0. The first-order valence-corrected chi connectivity index (χ1v) is 11.3. The fourth-order valence-corrected chi connectivity index (χ4v) is 4.79. The van der Waals surface area contributed by atoms with Crippen LogP contribution in [0.1, 0.15) is 24.8 Å². The van der Waals surface area contributed by atoms with Gasteiger partial charge in [-0.2, -0.15) is 8.78 Å². The number of carbonyl (C=O) groups is 2. The van der Waals surface area contributed by atoms with Crippen LogP contribution in [0.2, 0.25) is 5.02 Å². The predicted molar refractivity (Wildman–Crippen MR) is 118 cm³/mol. The Morgan fingerprint density at radius 3 is 2.72 bits per heavy atom. The number of carbonyl (C=O) groups excluding carboxylic acids is 2. The van der Waals surface area contributed by atoms with E-state index in [2.05, 4.69) is 10.1 Å². The Kier molecular flexibility index (Phi) is 6.76. The van der Waals surface area contributed by atoms with Crippen LogP contribution in [0.15, 0.2) is 41.3 Å². The minimum absolute atomic E-state index is 0.0543. The molecule has 1 fully saturated rings. The summed E-state index contributed by atoms with van der Waals surface area (Å²) in [6.07, 6.45) is 1.83. The summed E-state index contributed by atoms with van der Waals surface area (Å²) in [7, 11) is 1.37. The summed E-state index contributed by atoms with van der Waals surface area (Å²) in [6, 6.07) is 9.98. The number of hydrogen-bond donors (Lipinski definition) is 1. The topological polar surface area (TPSA) is 67.9 Å². The van der Waals surface area contributed by atoms with Gasteiger partial charge in [0, 0.05) is 28.9 Å². The average Bonchev–Trinajstić information content (AvgIpc) is 3.58. The van der Waals surface area contributed by atoms with Crippen molar-refractivity contribution >= 4 is 40.9 Å². The summed E-state index contributed by atoms with van der Waals surface area (Å²) < 4.78 is 34.7. The molecule has 2 aliphatic rings. The molecule has 1 N–H and O–H groups in total. The zero-order valence-electron chi connectivity index (χ0n) is 17.1. The molecule has 10 heteroatoms. The van der Waals surface area contributed by atoms with Crippen molar-refractivity contribution in [3.63, 3.8) is 0 Å². The molecule has 2 aromatic rings. The van der Waals surface area contributed by atoms with Crippen molar-refractivity contribution in [2.75, 3.05) is 12.4 Å². The van der Waals surface area contributed by atoms with Crippen LogP contribution in [0.4, 0.5) is 14.5 Å². The van der Waals surface area contributed by atoms with Gasteiger partial charge in [-0.1, -0.05) is 17.7 Å². The van der Waals surface area contributed by atoms with Crippen LogP contribution < -0.4 is 14.8 Å². The van der Waals surface area contributed by atoms with Crippen molar-refractivity contribution < 1.29 is 27.8 Å². The molecule has 1 heterocycles. The van der Waals surface area contributed by atoms with Gasteiger partial charge < -0.3 is 19.7 Å². The summed E-state index contributed by atoms with van der Waals surface area (Å²) in [4.78, 5) is 28.3. The molecule has 1 atom stereocenters. The molecule has 1 aliphatic heterocycles. The second-order valence-corrected chi connectivity index (χ2v) is 9.24. The molecule has 2 amide bonds. The maximum absolute atomic E-state index is 13.1. The lowest BCUT2D eigenvalue weighted by atomic mass is 10.1. The number of nitrogens with one attached hydrogen (secondary N) is 1. The zero-order valence-corrected chi connectivity index (χ0v) is 18.7. The van der Waals surface area contributed by atoms with E-state index in [1.54, 1.807) is 29.2 Å². The molecule has 4 rings (SSSR count). The number of anilines is 1. The van der Waals surface area contributed by atoms with E-state index < -0.39 is 11.9 Å². The summed E-state index contributed by atoms with van der Waals surface area (Å²) >= 11 is 7.33. The fourth-order valence-electron chi connectivity index (χ4n) is 3.54. The highest BCUT2D eigenvalue weighted by Crippen LogP contribution is 2.39. The molecule has 2 aromatic carbocycles. The smallest absolute Gasteiger partial charge is 0.387 e. The maximum atomic E-state index is 13.1. The SMILES string of the molecule is COc1cc(CN(C(=O)CC2Sc3ccc(Cl)cc3NC2=O)C2CC2)ccc1OC(F)F. The van der Waals surface area contributed by atoms with Crippen molar-refractivity contribution in [3.8, 4) is 11.5 Å². The van der Waals surface area contributed by atoms with Crippen LogP contribution >= 0.6 is 23.4 Å². The van der Waals surface area contributed by atoms with E-state index >= 15 is 0 Å². The second kappa shape index (κ2) is 9.54. The van der Waals surface area contributed by atoms with Gasteiger partial charge in [-0.15, -0.1) is 11.8 Å². The molecule has 0 bridgehead atoms. The number of thioether (sulfide) groups is 1. The van der Waals surface area contributed by atoms with Gasteiger partial charge in [-0.25, -0.2) is 0 Å². The molecule has 0 saturated heterocycles. The Balaban J connectivity index is 1.46. The Hall–Kier alpha value is -2.52. The molecule has 1 aliphatic carbocycles. The quantitative estimate of drug-likeness (QED) is 0.577. The number of amides is 2. The summed E-state index contributed by atoms with van der Waals surface area (Å²) in [5.41, 5.74) is 1.37. The maximum Gasteiger partial charge on any atom is 0.387 e.